The van der Waals surface area contributed by atoms with Gasteiger partial charge in [-0.25, -0.2) is 4.99 Å². The molecule has 9 heteroatoms. The van der Waals surface area contributed by atoms with Crippen molar-refractivity contribution in [1.82, 2.24) is 0 Å². The van der Waals surface area contributed by atoms with Crippen molar-refractivity contribution < 1.29 is 27.4 Å². The molecule has 3 heterocycles. The number of benzene rings is 2. The zero-order chi connectivity index (χ0) is 23.0. The Morgan fingerprint density at radius 2 is 1.94 bits per heavy atom. The minimum absolute atomic E-state index is 0.0397. The molecule has 2 aromatic rings. The summed E-state index contributed by atoms with van der Waals surface area (Å²) in [5.41, 5.74) is 2.36. The standard InChI is InChI=1S/C24H20F3N3O3/c25-24(26,27)8-7-14-5-6-17-15(11-14)21(16-12-28-9-10-29-23(16)30-17)22(31)20-13-32-18-3-1-2-4-19(18)33-20/h1-6,9-11,20-21,30H,7-8,12-13H2/t20-,21?/m1/s1. The summed E-state index contributed by atoms with van der Waals surface area (Å²) in [4.78, 5) is 22.4. The van der Waals surface area contributed by atoms with Crippen LogP contribution in [0.3, 0.4) is 0 Å². The van der Waals surface area contributed by atoms with E-state index in [4.69, 9.17) is 9.47 Å². The van der Waals surface area contributed by atoms with Crippen molar-refractivity contribution in [2.45, 2.75) is 31.0 Å². The molecule has 2 aromatic carbocycles. The van der Waals surface area contributed by atoms with Crippen LogP contribution in [0.5, 0.6) is 11.5 Å². The molecule has 0 spiro atoms. The fourth-order valence-corrected chi connectivity index (χ4v) is 4.20. The Morgan fingerprint density at radius 3 is 2.76 bits per heavy atom. The molecule has 0 aliphatic carbocycles. The number of alkyl halides is 3. The third-order valence-electron chi connectivity index (χ3n) is 5.78. The maximum atomic E-state index is 13.8. The summed E-state index contributed by atoms with van der Waals surface area (Å²) in [6, 6.07) is 12.1. The summed E-state index contributed by atoms with van der Waals surface area (Å²) in [6.07, 6.45) is -3.15. The van der Waals surface area contributed by atoms with Crippen LogP contribution < -0.4 is 14.8 Å². The van der Waals surface area contributed by atoms with E-state index in [1.54, 1.807) is 42.6 Å². The third-order valence-corrected chi connectivity index (χ3v) is 5.78. The molecule has 3 aliphatic rings. The lowest BCUT2D eigenvalue weighted by atomic mass is 9.81. The number of Topliss-reactive ketones (excluding diaryl/α,β-unsaturated/α-hetero) is 1. The summed E-state index contributed by atoms with van der Waals surface area (Å²) in [7, 11) is 0. The first-order valence-electron chi connectivity index (χ1n) is 10.5. The fraction of sp³-hybridized carbons (Fsp3) is 0.292. The van der Waals surface area contributed by atoms with Crippen LogP contribution in [-0.4, -0.2) is 43.6 Å². The van der Waals surface area contributed by atoms with Gasteiger partial charge >= 0.3 is 6.18 Å². The number of para-hydroxylation sites is 2. The summed E-state index contributed by atoms with van der Waals surface area (Å²) in [5.74, 6) is 0.526. The maximum Gasteiger partial charge on any atom is 0.389 e. The van der Waals surface area contributed by atoms with Crippen LogP contribution in [0.4, 0.5) is 18.9 Å². The van der Waals surface area contributed by atoms with Gasteiger partial charge in [0.2, 0.25) is 0 Å². The quantitative estimate of drug-likeness (QED) is 0.739. The van der Waals surface area contributed by atoms with Gasteiger partial charge in [0.15, 0.2) is 23.4 Å². The van der Waals surface area contributed by atoms with Gasteiger partial charge in [-0.05, 0) is 35.7 Å². The molecule has 1 unspecified atom stereocenters. The normalized spacial score (nSPS) is 21.1. The van der Waals surface area contributed by atoms with Gasteiger partial charge in [-0.15, -0.1) is 0 Å². The lowest BCUT2D eigenvalue weighted by Crippen LogP contribution is -2.41. The molecule has 33 heavy (non-hydrogen) atoms. The molecule has 0 amide bonds. The SMILES string of the molecule is O=C(C1C2=C(N=CC=NC2)Nc2ccc(CCC(F)(F)F)cc21)[C@H]1COc2ccccc2O1. The van der Waals surface area contributed by atoms with Gasteiger partial charge in [-0.1, -0.05) is 24.3 Å². The number of carbonyl (C=O) groups is 1. The Hall–Kier alpha value is -3.62. The Bertz CT molecular complexity index is 1190. The van der Waals surface area contributed by atoms with Crippen molar-refractivity contribution >= 4 is 23.9 Å². The topological polar surface area (TPSA) is 72.3 Å². The number of aliphatic imine (C=N–C) groups is 2. The first-order valence-corrected chi connectivity index (χ1v) is 10.5. The van der Waals surface area contributed by atoms with Gasteiger partial charge in [0.25, 0.3) is 0 Å². The Kier molecular flexibility index (Phi) is 5.39. The number of fused-ring (bicyclic) bond motifs is 2. The number of halogens is 3. The Morgan fingerprint density at radius 1 is 1.12 bits per heavy atom. The molecule has 3 aliphatic heterocycles. The number of anilines is 1. The van der Waals surface area contributed by atoms with E-state index in [1.807, 2.05) is 6.07 Å². The molecule has 0 aromatic heterocycles. The minimum Gasteiger partial charge on any atom is -0.485 e. The highest BCUT2D eigenvalue weighted by Crippen LogP contribution is 2.42. The van der Waals surface area contributed by atoms with Crippen molar-refractivity contribution in [3.63, 3.8) is 0 Å². The van der Waals surface area contributed by atoms with Crippen molar-refractivity contribution in [3.8, 4) is 11.5 Å². The second-order valence-corrected chi connectivity index (χ2v) is 8.00. The number of ether oxygens (including phenoxy) is 2. The molecular formula is C24H20F3N3O3. The van der Waals surface area contributed by atoms with Gasteiger partial charge in [0.05, 0.1) is 12.5 Å². The molecule has 0 bridgehead atoms. The van der Waals surface area contributed by atoms with Crippen LogP contribution in [-0.2, 0) is 11.2 Å². The molecule has 0 fully saturated rings. The van der Waals surface area contributed by atoms with Crippen LogP contribution in [0.25, 0.3) is 0 Å². The number of rotatable bonds is 4. The molecule has 2 atom stereocenters. The van der Waals surface area contributed by atoms with Crippen molar-refractivity contribution in [2.24, 2.45) is 9.98 Å². The zero-order valence-corrected chi connectivity index (χ0v) is 17.4. The minimum atomic E-state index is -4.26. The predicted octanol–water partition coefficient (Wildman–Crippen LogP) is 4.47. The molecule has 1 N–H and O–H groups in total. The van der Waals surface area contributed by atoms with Gasteiger partial charge in [0, 0.05) is 30.1 Å². The van der Waals surface area contributed by atoms with E-state index in [2.05, 4.69) is 15.3 Å². The average Bonchev–Trinajstić information content (AvgIpc) is 3.05. The van der Waals surface area contributed by atoms with E-state index >= 15 is 0 Å². The zero-order valence-electron chi connectivity index (χ0n) is 17.4. The van der Waals surface area contributed by atoms with Gasteiger partial charge in [0.1, 0.15) is 12.4 Å². The van der Waals surface area contributed by atoms with Crippen LogP contribution in [0.15, 0.2) is 63.8 Å². The number of nitrogens with zero attached hydrogens (tertiary/aromatic N) is 2. The van der Waals surface area contributed by atoms with Gasteiger partial charge in [-0.3, -0.25) is 9.79 Å². The lowest BCUT2D eigenvalue weighted by Gasteiger charge is -2.33. The summed E-state index contributed by atoms with van der Waals surface area (Å²) >= 11 is 0. The van der Waals surface area contributed by atoms with Crippen LogP contribution in [0, 0.1) is 0 Å². The molecular weight excluding hydrogens is 435 g/mol. The average molecular weight is 455 g/mol. The number of nitrogens with one attached hydrogen (secondary N) is 1. The number of carbonyl (C=O) groups excluding carboxylic acids is 1. The largest absolute Gasteiger partial charge is 0.485 e. The van der Waals surface area contributed by atoms with Crippen LogP contribution >= 0.6 is 0 Å². The van der Waals surface area contributed by atoms with Crippen molar-refractivity contribution in [3.05, 3.63) is 65.0 Å². The van der Waals surface area contributed by atoms with E-state index in [9.17, 15) is 18.0 Å². The molecule has 6 nitrogen and oxygen atoms in total. The highest BCUT2D eigenvalue weighted by molar-refractivity contribution is 6.16. The molecule has 5 rings (SSSR count). The van der Waals surface area contributed by atoms with E-state index < -0.39 is 24.6 Å². The smallest absolute Gasteiger partial charge is 0.389 e. The second kappa shape index (κ2) is 8.38. The van der Waals surface area contributed by atoms with Gasteiger partial charge < -0.3 is 14.8 Å². The van der Waals surface area contributed by atoms with E-state index in [0.29, 0.717) is 39.7 Å². The first kappa shape index (κ1) is 21.2. The number of hydrogen-bond acceptors (Lipinski definition) is 6. The van der Waals surface area contributed by atoms with Crippen LogP contribution in [0.1, 0.15) is 23.5 Å². The summed E-state index contributed by atoms with van der Waals surface area (Å²) in [6.45, 7) is 0.271. The molecule has 170 valence electrons. The third kappa shape index (κ3) is 4.35. The monoisotopic (exact) mass is 455 g/mol. The van der Waals surface area contributed by atoms with E-state index in [0.717, 1.165) is 0 Å². The molecule has 0 saturated carbocycles. The number of hydrogen-bond donors (Lipinski definition) is 1. The molecule has 0 radical (unpaired) electrons. The number of aryl methyl sites for hydroxylation is 1. The summed E-state index contributed by atoms with van der Waals surface area (Å²) in [5, 5.41) is 3.20. The van der Waals surface area contributed by atoms with Gasteiger partial charge in [-0.2, -0.15) is 13.2 Å². The maximum absolute atomic E-state index is 13.8. The van der Waals surface area contributed by atoms with Crippen LogP contribution in [0.2, 0.25) is 0 Å². The van der Waals surface area contributed by atoms with Crippen molar-refractivity contribution in [1.29, 1.82) is 0 Å². The Labute approximate surface area is 187 Å². The highest BCUT2D eigenvalue weighted by atomic mass is 19.4. The fourth-order valence-electron chi connectivity index (χ4n) is 4.20. The highest BCUT2D eigenvalue weighted by Gasteiger charge is 2.40. The molecule has 0 saturated heterocycles. The second-order valence-electron chi connectivity index (χ2n) is 8.00. The summed E-state index contributed by atoms with van der Waals surface area (Å²) < 4.78 is 50.0. The van der Waals surface area contributed by atoms with E-state index in [1.165, 1.54) is 6.21 Å². The van der Waals surface area contributed by atoms with E-state index in [-0.39, 0.29) is 25.4 Å². The predicted molar refractivity (Wildman–Crippen MR) is 117 cm³/mol. The van der Waals surface area contributed by atoms with Crippen molar-refractivity contribution in [2.75, 3.05) is 18.5 Å². The lowest BCUT2D eigenvalue weighted by molar-refractivity contribution is -0.134. The number of ketones is 1. The first-order chi connectivity index (χ1) is 15.9. The Balaban J connectivity index is 1.51.